The maximum atomic E-state index is 5.51. The predicted molar refractivity (Wildman–Crippen MR) is 131 cm³/mol. The Balaban J connectivity index is 1.42. The van der Waals surface area contributed by atoms with Crippen LogP contribution >= 0.6 is 0 Å². The smallest absolute Gasteiger partial charge is 0.191 e. The first-order valence-corrected chi connectivity index (χ1v) is 12.0. The fraction of sp³-hybridized carbons (Fsp3) is 0.600. The molecule has 7 heteroatoms. The van der Waals surface area contributed by atoms with Crippen molar-refractivity contribution in [2.45, 2.75) is 51.6 Å². The fourth-order valence-electron chi connectivity index (χ4n) is 4.41. The molecule has 1 saturated heterocycles. The van der Waals surface area contributed by atoms with E-state index in [-0.39, 0.29) is 0 Å². The molecule has 0 radical (unpaired) electrons. The second-order valence-corrected chi connectivity index (χ2v) is 8.66. The van der Waals surface area contributed by atoms with Gasteiger partial charge in [0.25, 0.3) is 0 Å². The molecule has 1 atom stereocenters. The molecule has 0 spiro atoms. The molecule has 2 N–H and O–H groups in total. The molecule has 0 amide bonds. The molecule has 176 valence electrons. The third-order valence-electron chi connectivity index (χ3n) is 6.43. The molecule has 1 aromatic heterocycles. The van der Waals surface area contributed by atoms with E-state index in [2.05, 4.69) is 87.9 Å². The standard InChI is InChI=1S/C25H40N6O/c1-5-20(6-2)23-17-22(32-29-23)18-28-25(26-3)27-13-10-14-31-16-15-30(4)19-24(31)21-11-8-7-9-12-21/h7-9,11-12,17,20,24H,5-6,10,13-16,18-19H2,1-4H3,(H2,26,27,28). The second kappa shape index (κ2) is 12.6. The zero-order valence-electron chi connectivity index (χ0n) is 20.2. The molecule has 1 fully saturated rings. The normalized spacial score (nSPS) is 18.3. The van der Waals surface area contributed by atoms with E-state index in [0.29, 0.717) is 18.5 Å². The summed E-state index contributed by atoms with van der Waals surface area (Å²) in [6.07, 6.45) is 3.23. The first kappa shape index (κ1) is 24.3. The van der Waals surface area contributed by atoms with Crippen LogP contribution in [0, 0.1) is 0 Å². The number of hydrogen-bond acceptors (Lipinski definition) is 5. The van der Waals surface area contributed by atoms with Crippen molar-refractivity contribution in [2.75, 3.05) is 46.8 Å². The summed E-state index contributed by atoms with van der Waals surface area (Å²) in [6.45, 7) is 10.2. The number of rotatable bonds is 10. The van der Waals surface area contributed by atoms with Gasteiger partial charge in [-0.1, -0.05) is 49.3 Å². The highest BCUT2D eigenvalue weighted by Gasteiger charge is 2.25. The van der Waals surface area contributed by atoms with Gasteiger partial charge in [0.15, 0.2) is 11.7 Å². The van der Waals surface area contributed by atoms with Gasteiger partial charge in [-0.25, -0.2) is 0 Å². The summed E-state index contributed by atoms with van der Waals surface area (Å²) in [5.41, 5.74) is 2.46. The number of guanidine groups is 1. The van der Waals surface area contributed by atoms with Crippen LogP contribution in [0.5, 0.6) is 0 Å². The number of likely N-dealkylation sites (N-methyl/N-ethyl adjacent to an activating group) is 1. The highest BCUT2D eigenvalue weighted by molar-refractivity contribution is 5.79. The number of aromatic nitrogens is 1. The Morgan fingerprint density at radius 2 is 1.97 bits per heavy atom. The monoisotopic (exact) mass is 440 g/mol. The maximum absolute atomic E-state index is 5.51. The third kappa shape index (κ3) is 6.81. The number of nitrogens with one attached hydrogen (secondary N) is 2. The highest BCUT2D eigenvalue weighted by Crippen LogP contribution is 2.25. The Kier molecular flexibility index (Phi) is 9.56. The molecule has 1 unspecified atom stereocenters. The summed E-state index contributed by atoms with van der Waals surface area (Å²) < 4.78 is 5.51. The quantitative estimate of drug-likeness (QED) is 0.334. The zero-order chi connectivity index (χ0) is 22.8. The molecule has 1 aromatic carbocycles. The molecule has 0 bridgehead atoms. The lowest BCUT2D eigenvalue weighted by Gasteiger charge is -2.40. The first-order valence-electron chi connectivity index (χ1n) is 12.0. The lowest BCUT2D eigenvalue weighted by molar-refractivity contribution is 0.0891. The molecule has 2 heterocycles. The van der Waals surface area contributed by atoms with Crippen molar-refractivity contribution < 1.29 is 4.52 Å². The molecule has 1 aliphatic rings. The zero-order valence-corrected chi connectivity index (χ0v) is 20.2. The van der Waals surface area contributed by atoms with Crippen LogP contribution in [0.4, 0.5) is 0 Å². The minimum absolute atomic E-state index is 0.461. The van der Waals surface area contributed by atoms with Gasteiger partial charge in [0.1, 0.15) is 0 Å². The Morgan fingerprint density at radius 3 is 2.69 bits per heavy atom. The van der Waals surface area contributed by atoms with Gasteiger partial charge in [-0.3, -0.25) is 9.89 Å². The van der Waals surface area contributed by atoms with Gasteiger partial charge in [-0.15, -0.1) is 0 Å². The average Bonchev–Trinajstić information content (AvgIpc) is 3.29. The number of piperazine rings is 1. The minimum atomic E-state index is 0.461. The van der Waals surface area contributed by atoms with E-state index >= 15 is 0 Å². The largest absolute Gasteiger partial charge is 0.359 e. The van der Waals surface area contributed by atoms with Gasteiger partial charge in [-0.2, -0.15) is 0 Å². The molecular weight excluding hydrogens is 400 g/mol. The fourth-order valence-corrected chi connectivity index (χ4v) is 4.41. The summed E-state index contributed by atoms with van der Waals surface area (Å²) in [4.78, 5) is 9.39. The topological polar surface area (TPSA) is 68.9 Å². The lowest BCUT2D eigenvalue weighted by Crippen LogP contribution is -2.47. The molecule has 0 saturated carbocycles. The van der Waals surface area contributed by atoms with Gasteiger partial charge in [0, 0.05) is 57.8 Å². The third-order valence-corrected chi connectivity index (χ3v) is 6.43. The van der Waals surface area contributed by atoms with Crippen molar-refractivity contribution in [3.63, 3.8) is 0 Å². The Labute approximate surface area is 193 Å². The highest BCUT2D eigenvalue weighted by atomic mass is 16.5. The van der Waals surface area contributed by atoms with Gasteiger partial charge < -0.3 is 20.1 Å². The molecular formula is C25H40N6O. The summed E-state index contributed by atoms with van der Waals surface area (Å²) >= 11 is 0. The maximum Gasteiger partial charge on any atom is 0.191 e. The first-order chi connectivity index (χ1) is 15.6. The summed E-state index contributed by atoms with van der Waals surface area (Å²) in [5.74, 6) is 2.11. The molecule has 1 aliphatic heterocycles. The summed E-state index contributed by atoms with van der Waals surface area (Å²) in [5, 5.41) is 11.0. The number of benzene rings is 1. The molecule has 2 aromatic rings. The average molecular weight is 441 g/mol. The van der Waals surface area contributed by atoms with E-state index in [1.54, 1.807) is 7.05 Å². The van der Waals surface area contributed by atoms with E-state index in [1.807, 2.05) is 0 Å². The Morgan fingerprint density at radius 1 is 1.19 bits per heavy atom. The molecule has 32 heavy (non-hydrogen) atoms. The van der Waals surface area contributed by atoms with Crippen LogP contribution < -0.4 is 10.6 Å². The van der Waals surface area contributed by atoms with Crippen LogP contribution in [0.25, 0.3) is 0 Å². The van der Waals surface area contributed by atoms with Crippen LogP contribution in [0.15, 0.2) is 45.9 Å². The van der Waals surface area contributed by atoms with Crippen LogP contribution in [0.3, 0.4) is 0 Å². The van der Waals surface area contributed by atoms with Crippen molar-refractivity contribution in [1.82, 2.24) is 25.6 Å². The number of aliphatic imine (C=N–C) groups is 1. The minimum Gasteiger partial charge on any atom is -0.359 e. The molecule has 7 nitrogen and oxygen atoms in total. The van der Waals surface area contributed by atoms with Crippen LogP contribution in [-0.4, -0.2) is 67.7 Å². The van der Waals surface area contributed by atoms with Crippen LogP contribution in [0.2, 0.25) is 0 Å². The predicted octanol–water partition coefficient (Wildman–Crippen LogP) is 3.62. The van der Waals surface area contributed by atoms with E-state index < -0.39 is 0 Å². The van der Waals surface area contributed by atoms with Crippen molar-refractivity contribution in [2.24, 2.45) is 4.99 Å². The number of nitrogens with zero attached hydrogens (tertiary/aromatic N) is 4. The van der Waals surface area contributed by atoms with E-state index in [0.717, 1.165) is 69.4 Å². The van der Waals surface area contributed by atoms with Crippen LogP contribution in [0.1, 0.15) is 62.1 Å². The van der Waals surface area contributed by atoms with Crippen molar-refractivity contribution >= 4 is 5.96 Å². The summed E-state index contributed by atoms with van der Waals surface area (Å²) in [6, 6.07) is 13.4. The SMILES string of the molecule is CCC(CC)c1cc(CNC(=NC)NCCCN2CCN(C)CC2c2ccccc2)on1. The van der Waals surface area contributed by atoms with E-state index in [1.165, 1.54) is 5.56 Å². The number of hydrogen-bond donors (Lipinski definition) is 2. The lowest BCUT2D eigenvalue weighted by atomic mass is 9.99. The molecule has 0 aliphatic carbocycles. The van der Waals surface area contributed by atoms with E-state index in [4.69, 9.17) is 4.52 Å². The van der Waals surface area contributed by atoms with Gasteiger partial charge in [0.2, 0.25) is 0 Å². The van der Waals surface area contributed by atoms with Gasteiger partial charge >= 0.3 is 0 Å². The van der Waals surface area contributed by atoms with Gasteiger partial charge in [-0.05, 0) is 31.9 Å². The molecule has 3 rings (SSSR count). The Hall–Kier alpha value is -2.38. The second-order valence-electron chi connectivity index (χ2n) is 8.66. The van der Waals surface area contributed by atoms with Crippen molar-refractivity contribution in [3.05, 3.63) is 53.4 Å². The summed E-state index contributed by atoms with van der Waals surface area (Å²) in [7, 11) is 4.02. The van der Waals surface area contributed by atoms with Gasteiger partial charge in [0.05, 0.1) is 12.2 Å². The van der Waals surface area contributed by atoms with E-state index in [9.17, 15) is 0 Å². The Bertz CT molecular complexity index is 817. The van der Waals surface area contributed by atoms with Crippen LogP contribution in [-0.2, 0) is 6.54 Å². The van der Waals surface area contributed by atoms with Crippen molar-refractivity contribution in [3.8, 4) is 0 Å². The van der Waals surface area contributed by atoms with Crippen molar-refractivity contribution in [1.29, 1.82) is 0 Å².